The van der Waals surface area contributed by atoms with E-state index in [-0.39, 0.29) is 10.9 Å². The van der Waals surface area contributed by atoms with Gasteiger partial charge in [0.1, 0.15) is 0 Å². The molecule has 2 N–H and O–H groups in total. The van der Waals surface area contributed by atoms with Crippen molar-refractivity contribution in [2.75, 3.05) is 6.54 Å². The molecule has 0 bridgehead atoms. The van der Waals surface area contributed by atoms with Crippen molar-refractivity contribution in [3.8, 4) is 0 Å². The normalized spacial score (nSPS) is 14.9. The van der Waals surface area contributed by atoms with E-state index < -0.39 is 10.5 Å². The van der Waals surface area contributed by atoms with Crippen LogP contribution in [0.5, 0.6) is 0 Å². The lowest BCUT2D eigenvalue weighted by Crippen LogP contribution is -2.41. The predicted molar refractivity (Wildman–Crippen MR) is 68.1 cm³/mol. The molecule has 1 unspecified atom stereocenters. The highest BCUT2D eigenvalue weighted by molar-refractivity contribution is 7.13. The number of rotatable bonds is 6. The fourth-order valence-corrected chi connectivity index (χ4v) is 1.94. The van der Waals surface area contributed by atoms with Crippen LogP contribution in [-0.4, -0.2) is 22.2 Å². The van der Waals surface area contributed by atoms with Crippen molar-refractivity contribution in [1.29, 1.82) is 0 Å². The van der Waals surface area contributed by atoms with E-state index >= 15 is 0 Å². The Balaban J connectivity index is 2.43. The second kappa shape index (κ2) is 5.57. The third-order valence-corrected chi connectivity index (χ3v) is 3.80. The van der Waals surface area contributed by atoms with Crippen molar-refractivity contribution in [3.63, 3.8) is 0 Å². The Bertz CT molecular complexity index is 388. The topological polar surface area (TPSA) is 75.4 Å². The minimum absolute atomic E-state index is 0.150. The van der Waals surface area contributed by atoms with Gasteiger partial charge in [-0.05, 0) is 18.4 Å². The summed E-state index contributed by atoms with van der Waals surface area (Å²) in [6.07, 6.45) is 0. The van der Waals surface area contributed by atoms with Crippen LogP contribution in [0.4, 0.5) is 5.00 Å². The van der Waals surface area contributed by atoms with E-state index in [1.807, 2.05) is 13.8 Å². The molecule has 96 valence electrons. The van der Waals surface area contributed by atoms with Gasteiger partial charge in [0.2, 0.25) is 0 Å². The van der Waals surface area contributed by atoms with E-state index in [1.165, 1.54) is 0 Å². The number of nitrogens with one attached hydrogen (secondary N) is 1. The molecule has 1 aromatic heterocycles. The van der Waals surface area contributed by atoms with Crippen LogP contribution in [0.1, 0.15) is 26.3 Å². The van der Waals surface area contributed by atoms with Crippen molar-refractivity contribution in [3.05, 3.63) is 27.1 Å². The summed E-state index contributed by atoms with van der Waals surface area (Å²) < 4.78 is 0. The molecule has 0 amide bonds. The van der Waals surface area contributed by atoms with Gasteiger partial charge in [-0.2, -0.15) is 0 Å². The molecule has 0 aromatic carbocycles. The Hall–Kier alpha value is -0.980. The van der Waals surface area contributed by atoms with Gasteiger partial charge in [-0.3, -0.25) is 10.1 Å². The van der Waals surface area contributed by atoms with Gasteiger partial charge in [-0.25, -0.2) is 0 Å². The zero-order chi connectivity index (χ0) is 13.1. The quantitative estimate of drug-likeness (QED) is 0.605. The fraction of sp³-hybridized carbons (Fsp3) is 0.636. The van der Waals surface area contributed by atoms with Crippen molar-refractivity contribution in [1.82, 2.24) is 5.32 Å². The lowest BCUT2D eigenvalue weighted by Gasteiger charge is -2.27. The number of thiophene rings is 1. The molecular formula is C11H18N2O3S. The van der Waals surface area contributed by atoms with Crippen LogP contribution >= 0.6 is 11.3 Å². The van der Waals surface area contributed by atoms with Crippen LogP contribution in [-0.2, 0) is 6.54 Å². The molecule has 1 aromatic rings. The molecule has 0 fully saturated rings. The second-order valence-electron chi connectivity index (χ2n) is 4.67. The van der Waals surface area contributed by atoms with Gasteiger partial charge in [0.05, 0.1) is 10.5 Å². The number of aliphatic hydroxyl groups is 1. The minimum atomic E-state index is -0.762. The maximum absolute atomic E-state index is 10.5. The van der Waals surface area contributed by atoms with E-state index in [9.17, 15) is 15.2 Å². The zero-order valence-electron chi connectivity index (χ0n) is 10.3. The molecule has 1 atom stereocenters. The van der Waals surface area contributed by atoms with Gasteiger partial charge in [0, 0.05) is 24.5 Å². The molecule has 0 radical (unpaired) electrons. The lowest BCUT2D eigenvalue weighted by atomic mass is 9.92. The summed E-state index contributed by atoms with van der Waals surface area (Å²) in [7, 11) is 0. The summed E-state index contributed by atoms with van der Waals surface area (Å²) in [5, 5.41) is 25.5. The third kappa shape index (κ3) is 4.07. The molecular weight excluding hydrogens is 240 g/mol. The third-order valence-electron chi connectivity index (χ3n) is 2.88. The van der Waals surface area contributed by atoms with Crippen LogP contribution < -0.4 is 5.32 Å². The summed E-state index contributed by atoms with van der Waals surface area (Å²) in [4.78, 5) is 10.1. The second-order valence-corrected chi connectivity index (χ2v) is 5.56. The fourth-order valence-electron chi connectivity index (χ4n) is 1.22. The van der Waals surface area contributed by atoms with Gasteiger partial charge < -0.3 is 10.4 Å². The molecule has 5 nitrogen and oxygen atoms in total. The van der Waals surface area contributed by atoms with Crippen LogP contribution in [0.2, 0.25) is 0 Å². The van der Waals surface area contributed by atoms with Crippen molar-refractivity contribution in [2.45, 2.75) is 32.9 Å². The van der Waals surface area contributed by atoms with Crippen LogP contribution in [0.3, 0.4) is 0 Å². The lowest BCUT2D eigenvalue weighted by molar-refractivity contribution is -0.380. The summed E-state index contributed by atoms with van der Waals surface area (Å²) in [5.41, 5.74) is 0.114. The largest absolute Gasteiger partial charge is 0.389 e. The van der Waals surface area contributed by atoms with Crippen molar-refractivity contribution in [2.24, 2.45) is 5.92 Å². The molecule has 0 saturated carbocycles. The van der Waals surface area contributed by atoms with Gasteiger partial charge in [0.25, 0.3) is 0 Å². The molecule has 0 aliphatic heterocycles. The number of nitro groups is 1. The van der Waals surface area contributed by atoms with Gasteiger partial charge >= 0.3 is 5.00 Å². The Morgan fingerprint density at radius 2 is 2.29 bits per heavy atom. The first kappa shape index (κ1) is 14.1. The Labute approximate surface area is 105 Å². The molecule has 1 heterocycles. The van der Waals surface area contributed by atoms with E-state index in [0.29, 0.717) is 13.1 Å². The average molecular weight is 258 g/mol. The first-order valence-corrected chi connectivity index (χ1v) is 6.36. The first-order valence-electron chi connectivity index (χ1n) is 5.48. The maximum Gasteiger partial charge on any atom is 0.324 e. The Kier molecular flexibility index (Phi) is 4.62. The highest BCUT2D eigenvalue weighted by Gasteiger charge is 2.24. The summed E-state index contributed by atoms with van der Waals surface area (Å²) >= 11 is 1.12. The van der Waals surface area contributed by atoms with Crippen LogP contribution in [0.15, 0.2) is 11.4 Å². The van der Waals surface area contributed by atoms with Crippen molar-refractivity contribution < 1.29 is 10.0 Å². The molecule has 6 heteroatoms. The SMILES string of the molecule is CC(C)C(C)(O)CNCc1csc([N+](=O)[O-])c1. The maximum atomic E-state index is 10.5. The highest BCUT2D eigenvalue weighted by atomic mass is 32.1. The van der Waals surface area contributed by atoms with E-state index in [0.717, 1.165) is 16.9 Å². The average Bonchev–Trinajstić information content (AvgIpc) is 2.66. The predicted octanol–water partition coefficient (Wildman–Crippen LogP) is 2.15. The molecule has 1 rings (SSSR count). The van der Waals surface area contributed by atoms with Gasteiger partial charge in [-0.1, -0.05) is 25.2 Å². The Morgan fingerprint density at radius 3 is 2.76 bits per heavy atom. The van der Waals surface area contributed by atoms with Gasteiger partial charge in [0.15, 0.2) is 0 Å². The van der Waals surface area contributed by atoms with Gasteiger partial charge in [-0.15, -0.1) is 0 Å². The standard InChI is InChI=1S/C11H18N2O3S/c1-8(2)11(3,14)7-12-5-9-4-10(13(15)16)17-6-9/h4,6,8,12,14H,5,7H2,1-3H3. The monoisotopic (exact) mass is 258 g/mol. The molecule has 0 saturated heterocycles. The van der Waals surface area contributed by atoms with Crippen LogP contribution in [0.25, 0.3) is 0 Å². The molecule has 0 aliphatic rings. The molecule has 0 aliphatic carbocycles. The first-order chi connectivity index (χ1) is 7.83. The smallest absolute Gasteiger partial charge is 0.324 e. The minimum Gasteiger partial charge on any atom is -0.389 e. The highest BCUT2D eigenvalue weighted by Crippen LogP contribution is 2.22. The summed E-state index contributed by atoms with van der Waals surface area (Å²) in [5.74, 6) is 0.159. The van der Waals surface area contributed by atoms with E-state index in [4.69, 9.17) is 0 Å². The number of nitrogens with zero attached hydrogens (tertiary/aromatic N) is 1. The zero-order valence-corrected chi connectivity index (χ0v) is 11.1. The summed E-state index contributed by atoms with van der Waals surface area (Å²) in [6.45, 7) is 6.69. The van der Waals surface area contributed by atoms with E-state index in [1.54, 1.807) is 18.4 Å². The molecule has 17 heavy (non-hydrogen) atoms. The number of hydrogen-bond donors (Lipinski definition) is 2. The summed E-state index contributed by atoms with van der Waals surface area (Å²) in [6, 6.07) is 1.56. The van der Waals surface area contributed by atoms with E-state index in [2.05, 4.69) is 5.32 Å². The van der Waals surface area contributed by atoms with Crippen LogP contribution in [0, 0.1) is 16.0 Å². The van der Waals surface area contributed by atoms with Crippen molar-refractivity contribution >= 4 is 16.3 Å². The number of hydrogen-bond acceptors (Lipinski definition) is 5. The molecule has 0 spiro atoms. The Morgan fingerprint density at radius 1 is 1.65 bits per heavy atom.